The van der Waals surface area contributed by atoms with Crippen molar-refractivity contribution >= 4 is 5.97 Å². The van der Waals surface area contributed by atoms with Gasteiger partial charge in [0.1, 0.15) is 5.75 Å². The molecule has 1 N–H and O–H groups in total. The average Bonchev–Trinajstić information content (AvgIpc) is 2.62. The standard InChI is InChI=1S/C25H42O3.Na/c1-19(2)13-9-5-7-11-15-21-17-22(24(26)23(18-21)25(27)28)16-12-8-6-10-14-20(3)4;/h17-20,26H,5-16H2,1-4H3,(H,27,28);/q;+1/p-1. The van der Waals surface area contributed by atoms with E-state index in [9.17, 15) is 15.0 Å². The molecule has 0 unspecified atom stereocenters. The zero-order valence-electron chi connectivity index (χ0n) is 19.6. The monoisotopic (exact) mass is 412 g/mol. The van der Waals surface area contributed by atoms with Crippen LogP contribution in [-0.2, 0) is 12.8 Å². The number of hydrogen-bond donors (Lipinski definition) is 1. The Morgan fingerprint density at radius 3 is 1.79 bits per heavy atom. The van der Waals surface area contributed by atoms with Gasteiger partial charge in [0, 0.05) is 5.56 Å². The van der Waals surface area contributed by atoms with Crippen LogP contribution in [0.5, 0.6) is 5.75 Å². The second-order valence-corrected chi connectivity index (χ2v) is 9.13. The number of carboxylic acid groups (broad SMARTS) is 1. The summed E-state index contributed by atoms with van der Waals surface area (Å²) in [5.41, 5.74) is 1.73. The number of carboxylic acids is 1. The van der Waals surface area contributed by atoms with Gasteiger partial charge in [-0.15, -0.1) is 0 Å². The molecule has 0 heterocycles. The summed E-state index contributed by atoms with van der Waals surface area (Å²) in [6.45, 7) is 9.00. The predicted octanol–water partition coefficient (Wildman–Crippen LogP) is 3.06. The number of aryl methyl sites for hydroxylation is 2. The molecule has 0 amide bonds. The number of rotatable bonds is 15. The Hall–Kier alpha value is -0.510. The molecule has 1 aromatic rings. The minimum Gasteiger partial charge on any atom is -0.545 e. The van der Waals surface area contributed by atoms with Crippen LogP contribution in [0.1, 0.15) is 113 Å². The summed E-state index contributed by atoms with van der Waals surface area (Å²) in [6.07, 6.45) is 13.4. The van der Waals surface area contributed by atoms with Crippen LogP contribution in [-0.4, -0.2) is 11.1 Å². The summed E-state index contributed by atoms with van der Waals surface area (Å²) >= 11 is 0. The van der Waals surface area contributed by atoms with Crippen LogP contribution in [0.15, 0.2) is 12.1 Å². The van der Waals surface area contributed by atoms with Gasteiger partial charge in [0.2, 0.25) is 0 Å². The summed E-state index contributed by atoms with van der Waals surface area (Å²) in [5, 5.41) is 21.7. The van der Waals surface area contributed by atoms with Gasteiger partial charge in [-0.2, -0.15) is 0 Å². The molecule has 0 aromatic heterocycles. The Kier molecular flexibility index (Phi) is 15.9. The molecule has 29 heavy (non-hydrogen) atoms. The second-order valence-electron chi connectivity index (χ2n) is 9.13. The van der Waals surface area contributed by atoms with Gasteiger partial charge in [-0.3, -0.25) is 0 Å². The van der Waals surface area contributed by atoms with Crippen molar-refractivity contribution in [1.29, 1.82) is 0 Å². The number of benzene rings is 1. The summed E-state index contributed by atoms with van der Waals surface area (Å²) in [7, 11) is 0. The molecule has 1 rings (SSSR count). The van der Waals surface area contributed by atoms with E-state index in [1.807, 2.05) is 6.07 Å². The third kappa shape index (κ3) is 12.7. The number of phenols is 1. The molecule has 0 saturated carbocycles. The molecule has 0 fully saturated rings. The van der Waals surface area contributed by atoms with Crippen LogP contribution in [0.3, 0.4) is 0 Å². The maximum Gasteiger partial charge on any atom is 1.00 e. The fourth-order valence-electron chi connectivity index (χ4n) is 3.71. The number of carbonyl (C=O) groups excluding carboxylic acids is 1. The van der Waals surface area contributed by atoms with E-state index in [1.54, 1.807) is 6.07 Å². The van der Waals surface area contributed by atoms with E-state index in [0.717, 1.165) is 55.1 Å². The minimum atomic E-state index is -1.28. The van der Waals surface area contributed by atoms with Crippen molar-refractivity contribution in [3.63, 3.8) is 0 Å². The fraction of sp³-hybridized carbons (Fsp3) is 0.720. The molecular formula is C25H41NaO3. The van der Waals surface area contributed by atoms with E-state index in [2.05, 4.69) is 27.7 Å². The molecular weight excluding hydrogens is 371 g/mol. The Balaban J connectivity index is 0.00000784. The molecule has 0 saturated heterocycles. The number of carbonyl (C=O) groups is 1. The molecule has 0 aliphatic rings. The number of hydrogen-bond acceptors (Lipinski definition) is 3. The van der Waals surface area contributed by atoms with Gasteiger partial charge in [-0.25, -0.2) is 0 Å². The largest absolute Gasteiger partial charge is 1.00 e. The van der Waals surface area contributed by atoms with Crippen LogP contribution >= 0.6 is 0 Å². The average molecular weight is 413 g/mol. The second kappa shape index (κ2) is 16.2. The van der Waals surface area contributed by atoms with Gasteiger partial charge >= 0.3 is 29.6 Å². The predicted molar refractivity (Wildman–Crippen MR) is 116 cm³/mol. The Bertz CT molecular complexity index is 582. The molecule has 0 spiro atoms. The first-order valence-corrected chi connectivity index (χ1v) is 11.4. The van der Waals surface area contributed by atoms with Gasteiger partial charge < -0.3 is 15.0 Å². The van der Waals surface area contributed by atoms with E-state index in [0.29, 0.717) is 0 Å². The van der Waals surface area contributed by atoms with E-state index in [1.165, 1.54) is 44.9 Å². The summed E-state index contributed by atoms with van der Waals surface area (Å²) in [4.78, 5) is 11.4. The normalized spacial score (nSPS) is 11.1. The van der Waals surface area contributed by atoms with Crippen molar-refractivity contribution in [3.05, 3.63) is 28.8 Å². The molecule has 0 radical (unpaired) electrons. The number of unbranched alkanes of at least 4 members (excludes halogenated alkanes) is 6. The SMILES string of the molecule is CC(C)CCCCCCc1cc(CCCCCCC(C)C)c(O)c(C(=O)[O-])c1.[Na+]. The van der Waals surface area contributed by atoms with Gasteiger partial charge in [0.05, 0.1) is 5.97 Å². The maximum atomic E-state index is 11.4. The topological polar surface area (TPSA) is 60.4 Å². The van der Waals surface area contributed by atoms with Crippen molar-refractivity contribution in [2.45, 2.75) is 105 Å². The van der Waals surface area contributed by atoms with E-state index >= 15 is 0 Å². The first kappa shape index (κ1) is 28.5. The van der Waals surface area contributed by atoms with Crippen molar-refractivity contribution < 1.29 is 44.6 Å². The quantitative estimate of drug-likeness (QED) is 0.356. The van der Waals surface area contributed by atoms with Crippen LogP contribution in [0.2, 0.25) is 0 Å². The van der Waals surface area contributed by atoms with Gasteiger partial charge in [-0.05, 0) is 54.7 Å². The van der Waals surface area contributed by atoms with Crippen LogP contribution in [0, 0.1) is 11.8 Å². The van der Waals surface area contributed by atoms with Crippen molar-refractivity contribution in [2.75, 3.05) is 0 Å². The molecule has 0 bridgehead atoms. The summed E-state index contributed by atoms with van der Waals surface area (Å²) < 4.78 is 0. The van der Waals surface area contributed by atoms with E-state index in [-0.39, 0.29) is 40.9 Å². The first-order valence-electron chi connectivity index (χ1n) is 11.4. The summed E-state index contributed by atoms with van der Waals surface area (Å²) in [6, 6.07) is 3.61. The molecule has 0 atom stereocenters. The third-order valence-electron chi connectivity index (χ3n) is 5.44. The Morgan fingerprint density at radius 1 is 0.828 bits per heavy atom. The number of aromatic carboxylic acids is 1. The van der Waals surface area contributed by atoms with Crippen LogP contribution in [0.4, 0.5) is 0 Å². The maximum absolute atomic E-state index is 11.4. The molecule has 0 aliphatic heterocycles. The van der Waals surface area contributed by atoms with E-state index < -0.39 is 5.97 Å². The van der Waals surface area contributed by atoms with Crippen molar-refractivity contribution in [2.24, 2.45) is 11.8 Å². The third-order valence-corrected chi connectivity index (χ3v) is 5.44. The molecule has 160 valence electrons. The first-order chi connectivity index (χ1) is 13.3. The van der Waals surface area contributed by atoms with Crippen molar-refractivity contribution in [1.82, 2.24) is 0 Å². The minimum absolute atomic E-state index is 0. The van der Waals surface area contributed by atoms with Gasteiger partial charge in [-0.1, -0.05) is 85.1 Å². The molecule has 3 nitrogen and oxygen atoms in total. The molecule has 0 aliphatic carbocycles. The van der Waals surface area contributed by atoms with Crippen LogP contribution < -0.4 is 34.7 Å². The van der Waals surface area contributed by atoms with Gasteiger partial charge in [0.15, 0.2) is 0 Å². The fourth-order valence-corrected chi connectivity index (χ4v) is 3.71. The summed E-state index contributed by atoms with van der Waals surface area (Å²) in [5.74, 6) is 0.129. The zero-order valence-corrected chi connectivity index (χ0v) is 21.6. The zero-order chi connectivity index (χ0) is 20.9. The molecule has 1 aromatic carbocycles. The van der Waals surface area contributed by atoms with E-state index in [4.69, 9.17) is 0 Å². The number of aromatic hydroxyl groups is 1. The Morgan fingerprint density at radius 2 is 1.31 bits per heavy atom. The molecule has 4 heteroatoms. The smallest absolute Gasteiger partial charge is 0.545 e. The Labute approximate surface area is 201 Å². The van der Waals surface area contributed by atoms with Crippen molar-refractivity contribution in [3.8, 4) is 5.75 Å². The van der Waals surface area contributed by atoms with Gasteiger partial charge in [0.25, 0.3) is 0 Å². The van der Waals surface area contributed by atoms with Crippen LogP contribution in [0.25, 0.3) is 0 Å².